The molecule has 0 aliphatic carbocycles. The number of halogens is 1. The van der Waals surface area contributed by atoms with Gasteiger partial charge in [0.25, 0.3) is 0 Å². The van der Waals surface area contributed by atoms with E-state index in [0.717, 1.165) is 21.5 Å². The van der Waals surface area contributed by atoms with Crippen molar-refractivity contribution in [3.05, 3.63) is 58.1 Å². The number of Topliss-reactive ketones (excluding diaryl/α,β-unsaturated/α-hetero) is 1. The lowest BCUT2D eigenvalue weighted by Gasteiger charge is -2.07. The van der Waals surface area contributed by atoms with Crippen LogP contribution in [0.4, 0.5) is 0 Å². The zero-order chi connectivity index (χ0) is 14.5. The molecule has 0 aliphatic heterocycles. The fourth-order valence-electron chi connectivity index (χ4n) is 1.85. The minimum absolute atomic E-state index is 0.0681. The maximum Gasteiger partial charge on any atom is 0.167 e. The first kappa shape index (κ1) is 14.6. The average molecular weight is 335 g/mol. The van der Waals surface area contributed by atoms with Crippen LogP contribution >= 0.6 is 15.9 Å². The fraction of sp³-hybridized carbons (Fsp3) is 0.188. The number of benzene rings is 2. The van der Waals surface area contributed by atoms with E-state index in [1.165, 1.54) is 0 Å². The van der Waals surface area contributed by atoms with Gasteiger partial charge in [-0.3, -0.25) is 4.79 Å². The zero-order valence-electron chi connectivity index (χ0n) is 11.4. The molecule has 20 heavy (non-hydrogen) atoms. The van der Waals surface area contributed by atoms with Crippen molar-refractivity contribution < 1.29 is 14.3 Å². The molecule has 0 amide bonds. The van der Waals surface area contributed by atoms with Crippen molar-refractivity contribution in [3.8, 4) is 11.5 Å². The van der Waals surface area contributed by atoms with E-state index >= 15 is 0 Å². The highest BCUT2D eigenvalue weighted by Crippen LogP contribution is 2.24. The quantitative estimate of drug-likeness (QED) is 0.778. The summed E-state index contributed by atoms with van der Waals surface area (Å²) in [6.07, 6.45) is 0.344. The summed E-state index contributed by atoms with van der Waals surface area (Å²) >= 11 is 3.46. The highest BCUT2D eigenvalue weighted by Gasteiger charge is 2.10. The van der Waals surface area contributed by atoms with Gasteiger partial charge in [-0.25, -0.2) is 0 Å². The fourth-order valence-corrected chi connectivity index (χ4v) is 2.35. The van der Waals surface area contributed by atoms with Gasteiger partial charge in [0.05, 0.1) is 14.2 Å². The molecule has 0 unspecified atom stereocenters. The number of rotatable bonds is 5. The Labute approximate surface area is 126 Å². The molecule has 0 aromatic heterocycles. The summed E-state index contributed by atoms with van der Waals surface area (Å²) in [5.74, 6) is 1.57. The number of carbonyl (C=O) groups excluding carboxylic acids is 1. The number of carbonyl (C=O) groups is 1. The van der Waals surface area contributed by atoms with E-state index in [1.54, 1.807) is 38.5 Å². The minimum atomic E-state index is 0.0681. The van der Waals surface area contributed by atoms with Gasteiger partial charge in [0.1, 0.15) is 11.5 Å². The number of hydrogen-bond acceptors (Lipinski definition) is 3. The largest absolute Gasteiger partial charge is 0.497 e. The summed E-state index contributed by atoms with van der Waals surface area (Å²) < 4.78 is 11.1. The van der Waals surface area contributed by atoms with Gasteiger partial charge in [0.2, 0.25) is 0 Å². The lowest BCUT2D eigenvalue weighted by Crippen LogP contribution is -2.04. The van der Waals surface area contributed by atoms with Crippen LogP contribution in [0.3, 0.4) is 0 Å². The molecule has 0 radical (unpaired) electrons. The highest BCUT2D eigenvalue weighted by atomic mass is 79.9. The number of ether oxygens (including phenoxy) is 2. The van der Waals surface area contributed by atoms with Gasteiger partial charge in [-0.2, -0.15) is 0 Å². The predicted molar refractivity (Wildman–Crippen MR) is 81.7 cm³/mol. The molecule has 0 aliphatic rings. The van der Waals surface area contributed by atoms with Crippen molar-refractivity contribution in [1.82, 2.24) is 0 Å². The lowest BCUT2D eigenvalue weighted by molar-refractivity contribution is 0.0992. The van der Waals surface area contributed by atoms with Crippen molar-refractivity contribution in [2.75, 3.05) is 14.2 Å². The molecule has 0 saturated heterocycles. The third kappa shape index (κ3) is 3.39. The van der Waals surface area contributed by atoms with Crippen LogP contribution in [0.2, 0.25) is 0 Å². The van der Waals surface area contributed by atoms with Crippen LogP contribution in [0.25, 0.3) is 0 Å². The van der Waals surface area contributed by atoms with E-state index in [-0.39, 0.29) is 5.78 Å². The summed E-state index contributed by atoms with van der Waals surface area (Å²) in [7, 11) is 3.22. The smallest absolute Gasteiger partial charge is 0.167 e. The molecule has 2 aromatic carbocycles. The number of hydrogen-bond donors (Lipinski definition) is 0. The summed E-state index contributed by atoms with van der Waals surface area (Å²) in [6, 6.07) is 12.7. The maximum absolute atomic E-state index is 12.2. The summed E-state index contributed by atoms with van der Waals surface area (Å²) in [4.78, 5) is 12.2. The minimum Gasteiger partial charge on any atom is -0.497 e. The Hall–Kier alpha value is -1.81. The Bertz CT molecular complexity index is 606. The molecule has 0 saturated carbocycles. The Kier molecular flexibility index (Phi) is 4.79. The van der Waals surface area contributed by atoms with Crippen molar-refractivity contribution in [2.24, 2.45) is 0 Å². The third-order valence-electron chi connectivity index (χ3n) is 3.02. The number of methoxy groups -OCH3 is 2. The van der Waals surface area contributed by atoms with Gasteiger partial charge < -0.3 is 9.47 Å². The molecule has 2 rings (SSSR count). The van der Waals surface area contributed by atoms with Crippen LogP contribution in [-0.4, -0.2) is 20.0 Å². The molecule has 0 bridgehead atoms. The standard InChI is InChI=1S/C16H15BrO3/c1-19-13-6-3-11(4-7-13)16(18)9-12-5-8-14(20-2)10-15(12)17/h3-8,10H,9H2,1-2H3. The second-order valence-electron chi connectivity index (χ2n) is 4.29. The van der Waals surface area contributed by atoms with Crippen molar-refractivity contribution in [3.63, 3.8) is 0 Å². The summed E-state index contributed by atoms with van der Waals surface area (Å²) in [5, 5.41) is 0. The van der Waals surface area contributed by atoms with Crippen LogP contribution in [0.15, 0.2) is 46.9 Å². The zero-order valence-corrected chi connectivity index (χ0v) is 12.9. The van der Waals surface area contributed by atoms with Crippen LogP contribution in [0, 0.1) is 0 Å². The van der Waals surface area contributed by atoms with Crippen LogP contribution in [0.5, 0.6) is 11.5 Å². The Morgan fingerprint density at radius 2 is 1.60 bits per heavy atom. The second-order valence-corrected chi connectivity index (χ2v) is 5.14. The first-order valence-corrected chi connectivity index (χ1v) is 6.93. The second kappa shape index (κ2) is 6.57. The van der Waals surface area contributed by atoms with Crippen LogP contribution in [-0.2, 0) is 6.42 Å². The molecule has 4 heteroatoms. The van der Waals surface area contributed by atoms with E-state index in [9.17, 15) is 4.79 Å². The molecule has 2 aromatic rings. The normalized spacial score (nSPS) is 10.2. The SMILES string of the molecule is COc1ccc(C(=O)Cc2ccc(OC)cc2Br)cc1. The summed E-state index contributed by atoms with van der Waals surface area (Å²) in [6.45, 7) is 0. The maximum atomic E-state index is 12.2. The van der Waals surface area contributed by atoms with E-state index in [0.29, 0.717) is 12.0 Å². The van der Waals surface area contributed by atoms with E-state index < -0.39 is 0 Å². The van der Waals surface area contributed by atoms with E-state index in [1.807, 2.05) is 18.2 Å². The van der Waals surface area contributed by atoms with Crippen LogP contribution in [0.1, 0.15) is 15.9 Å². The van der Waals surface area contributed by atoms with Gasteiger partial charge in [-0.15, -0.1) is 0 Å². The molecule has 104 valence electrons. The molecule has 0 N–H and O–H groups in total. The van der Waals surface area contributed by atoms with Crippen LogP contribution < -0.4 is 9.47 Å². The van der Waals surface area contributed by atoms with E-state index in [2.05, 4.69) is 15.9 Å². The molecular formula is C16H15BrO3. The predicted octanol–water partition coefficient (Wildman–Crippen LogP) is 3.89. The highest BCUT2D eigenvalue weighted by molar-refractivity contribution is 9.10. The summed E-state index contributed by atoms with van der Waals surface area (Å²) in [5.41, 5.74) is 1.61. The molecule has 0 atom stereocenters. The Morgan fingerprint density at radius 1 is 1.00 bits per heavy atom. The number of ketones is 1. The molecule has 0 fully saturated rings. The van der Waals surface area contributed by atoms with Gasteiger partial charge in [-0.1, -0.05) is 22.0 Å². The molecular weight excluding hydrogens is 320 g/mol. The first-order chi connectivity index (χ1) is 9.63. The average Bonchev–Trinajstić information content (AvgIpc) is 2.49. The third-order valence-corrected chi connectivity index (χ3v) is 3.76. The monoisotopic (exact) mass is 334 g/mol. The van der Waals surface area contributed by atoms with Crippen molar-refractivity contribution >= 4 is 21.7 Å². The van der Waals surface area contributed by atoms with Gasteiger partial charge in [0, 0.05) is 16.5 Å². The van der Waals surface area contributed by atoms with E-state index in [4.69, 9.17) is 9.47 Å². The lowest BCUT2D eigenvalue weighted by atomic mass is 10.0. The van der Waals surface area contributed by atoms with Crippen molar-refractivity contribution in [2.45, 2.75) is 6.42 Å². The topological polar surface area (TPSA) is 35.5 Å². The van der Waals surface area contributed by atoms with Gasteiger partial charge >= 0.3 is 0 Å². The first-order valence-electron chi connectivity index (χ1n) is 6.13. The van der Waals surface area contributed by atoms with Gasteiger partial charge in [0.15, 0.2) is 5.78 Å². The molecule has 0 heterocycles. The Balaban J connectivity index is 2.14. The van der Waals surface area contributed by atoms with Crippen molar-refractivity contribution in [1.29, 1.82) is 0 Å². The Morgan fingerprint density at radius 3 is 2.15 bits per heavy atom. The van der Waals surface area contributed by atoms with Gasteiger partial charge in [-0.05, 0) is 42.0 Å². The molecule has 3 nitrogen and oxygen atoms in total. The molecule has 0 spiro atoms.